The van der Waals surface area contributed by atoms with Crippen LogP contribution in [0.2, 0.25) is 0 Å². The number of methoxy groups -OCH3 is 2. The molecule has 2 unspecified atom stereocenters. The van der Waals surface area contributed by atoms with E-state index in [1.54, 1.807) is 19.1 Å². The van der Waals surface area contributed by atoms with E-state index in [1.165, 1.54) is 11.8 Å². The zero-order chi connectivity index (χ0) is 23.3. The van der Waals surface area contributed by atoms with Crippen molar-refractivity contribution in [1.82, 2.24) is 4.90 Å². The van der Waals surface area contributed by atoms with Gasteiger partial charge in [0.25, 0.3) is 0 Å². The lowest BCUT2D eigenvalue weighted by atomic mass is 10.1. The fraction of sp³-hybridized carbons (Fsp3) is 0.375. The van der Waals surface area contributed by atoms with E-state index in [0.717, 1.165) is 22.6 Å². The summed E-state index contributed by atoms with van der Waals surface area (Å²) in [5.74, 6) is 0.400. The molecule has 1 fully saturated rings. The van der Waals surface area contributed by atoms with Crippen LogP contribution in [0.15, 0.2) is 47.5 Å². The van der Waals surface area contributed by atoms with Crippen molar-refractivity contribution < 1.29 is 19.1 Å². The second-order valence-electron chi connectivity index (χ2n) is 7.73. The maximum atomic E-state index is 13.2. The van der Waals surface area contributed by atoms with Gasteiger partial charge in [0, 0.05) is 19.2 Å². The molecule has 3 rings (SSSR count). The van der Waals surface area contributed by atoms with Crippen molar-refractivity contribution in [2.45, 2.75) is 38.5 Å². The molecule has 0 aromatic heterocycles. The normalized spacial score (nSPS) is 18.2. The molecule has 0 aliphatic carbocycles. The first-order chi connectivity index (χ1) is 15.3. The predicted octanol–water partition coefficient (Wildman–Crippen LogP) is 4.31. The molecular formula is C24H29N3O4S. The Hall–Kier alpha value is -2.84. The Bertz CT molecular complexity index is 987. The van der Waals surface area contributed by atoms with Crippen molar-refractivity contribution in [2.75, 3.05) is 26.1 Å². The number of benzene rings is 2. The van der Waals surface area contributed by atoms with Crippen LogP contribution in [-0.2, 0) is 14.3 Å². The maximum Gasteiger partial charge on any atom is 0.243 e. The van der Waals surface area contributed by atoms with E-state index in [1.807, 2.05) is 63.2 Å². The standard InChI is InChI=1S/C24H29N3O4S/c1-15-7-6-8-16(2)22(15)26-21(28)13-20-23(29)27(17(3)14-30-4)24(32-20)25-18-9-11-19(31-5)12-10-18/h6-12,17,20H,13-14H2,1-5H3,(H,26,28). The third-order valence-corrected chi connectivity index (χ3v) is 6.38. The molecule has 2 amide bonds. The summed E-state index contributed by atoms with van der Waals surface area (Å²) in [7, 11) is 3.20. The Balaban J connectivity index is 1.80. The minimum Gasteiger partial charge on any atom is -0.497 e. The lowest BCUT2D eigenvalue weighted by molar-refractivity contribution is -0.130. The Labute approximate surface area is 193 Å². The number of ether oxygens (including phenoxy) is 2. The summed E-state index contributed by atoms with van der Waals surface area (Å²) in [4.78, 5) is 32.3. The van der Waals surface area contributed by atoms with E-state index >= 15 is 0 Å². The van der Waals surface area contributed by atoms with Gasteiger partial charge in [0.15, 0.2) is 5.17 Å². The van der Waals surface area contributed by atoms with Gasteiger partial charge in [0.05, 0.1) is 25.4 Å². The van der Waals surface area contributed by atoms with Gasteiger partial charge in [0.1, 0.15) is 11.0 Å². The maximum absolute atomic E-state index is 13.2. The SMILES string of the molecule is COCC(C)N1C(=O)C(CC(=O)Nc2c(C)cccc2C)SC1=Nc1ccc(OC)cc1. The molecule has 2 aromatic carbocycles. The van der Waals surface area contributed by atoms with E-state index < -0.39 is 5.25 Å². The quantitative estimate of drug-likeness (QED) is 0.642. The molecule has 8 heteroatoms. The summed E-state index contributed by atoms with van der Waals surface area (Å²) in [6, 6.07) is 12.9. The number of aryl methyl sites for hydroxylation is 2. The number of hydrogen-bond donors (Lipinski definition) is 1. The van der Waals surface area contributed by atoms with E-state index in [4.69, 9.17) is 9.47 Å². The smallest absolute Gasteiger partial charge is 0.243 e. The molecule has 0 bridgehead atoms. The second-order valence-corrected chi connectivity index (χ2v) is 8.90. The first-order valence-corrected chi connectivity index (χ1v) is 11.3. The van der Waals surface area contributed by atoms with Crippen LogP contribution in [0.5, 0.6) is 5.75 Å². The predicted molar refractivity (Wildman–Crippen MR) is 129 cm³/mol. The number of nitrogens with zero attached hydrogens (tertiary/aromatic N) is 2. The number of anilines is 1. The number of aliphatic imine (C=N–C) groups is 1. The number of amides is 2. The number of carbonyl (C=O) groups excluding carboxylic acids is 2. The largest absolute Gasteiger partial charge is 0.497 e. The van der Waals surface area contributed by atoms with Gasteiger partial charge in [-0.05, 0) is 56.2 Å². The van der Waals surface area contributed by atoms with Gasteiger partial charge in [-0.25, -0.2) is 4.99 Å². The zero-order valence-electron chi connectivity index (χ0n) is 19.0. The van der Waals surface area contributed by atoms with Gasteiger partial charge in [-0.2, -0.15) is 0 Å². The van der Waals surface area contributed by atoms with Crippen LogP contribution in [0.4, 0.5) is 11.4 Å². The fourth-order valence-electron chi connectivity index (χ4n) is 3.55. The first kappa shape index (κ1) is 23.8. The van der Waals surface area contributed by atoms with Crippen molar-refractivity contribution in [2.24, 2.45) is 4.99 Å². The molecule has 170 valence electrons. The molecule has 1 aliphatic rings. The summed E-state index contributed by atoms with van der Waals surface area (Å²) in [5, 5.41) is 2.99. The highest BCUT2D eigenvalue weighted by atomic mass is 32.2. The number of thioether (sulfide) groups is 1. The molecule has 0 spiro atoms. The molecule has 7 nitrogen and oxygen atoms in total. The molecule has 0 radical (unpaired) electrons. The number of amidine groups is 1. The molecular weight excluding hydrogens is 426 g/mol. The van der Waals surface area contributed by atoms with Gasteiger partial charge in [0.2, 0.25) is 11.8 Å². The third kappa shape index (κ3) is 5.49. The minimum absolute atomic E-state index is 0.0646. The number of para-hydroxylation sites is 1. The van der Waals surface area contributed by atoms with Crippen molar-refractivity contribution in [3.63, 3.8) is 0 Å². The van der Waals surface area contributed by atoms with Crippen molar-refractivity contribution >= 4 is 40.1 Å². The van der Waals surface area contributed by atoms with Gasteiger partial charge < -0.3 is 14.8 Å². The van der Waals surface area contributed by atoms with E-state index in [2.05, 4.69) is 10.3 Å². The summed E-state index contributed by atoms with van der Waals surface area (Å²) < 4.78 is 10.5. The summed E-state index contributed by atoms with van der Waals surface area (Å²) in [6.45, 7) is 6.18. The minimum atomic E-state index is -0.546. The molecule has 1 N–H and O–H groups in total. The summed E-state index contributed by atoms with van der Waals surface area (Å²) in [6.07, 6.45) is 0.0646. The lowest BCUT2D eigenvalue weighted by Crippen LogP contribution is -2.42. The van der Waals surface area contributed by atoms with Gasteiger partial charge in [-0.3, -0.25) is 14.5 Å². The monoisotopic (exact) mass is 455 g/mol. The Kier molecular flexibility index (Phi) is 7.93. The summed E-state index contributed by atoms with van der Waals surface area (Å²) >= 11 is 1.31. The van der Waals surface area contributed by atoms with Crippen LogP contribution in [0, 0.1) is 13.8 Å². The molecule has 1 saturated heterocycles. The van der Waals surface area contributed by atoms with Crippen LogP contribution in [0.3, 0.4) is 0 Å². The van der Waals surface area contributed by atoms with E-state index in [0.29, 0.717) is 17.5 Å². The molecule has 0 saturated carbocycles. The molecule has 2 aromatic rings. The molecule has 32 heavy (non-hydrogen) atoms. The number of hydrogen-bond acceptors (Lipinski definition) is 6. The lowest BCUT2D eigenvalue weighted by Gasteiger charge is -2.23. The van der Waals surface area contributed by atoms with Crippen molar-refractivity contribution in [3.05, 3.63) is 53.6 Å². The topological polar surface area (TPSA) is 80.2 Å². The Morgan fingerprint density at radius 2 is 1.81 bits per heavy atom. The molecule has 2 atom stereocenters. The Morgan fingerprint density at radius 3 is 2.41 bits per heavy atom. The second kappa shape index (κ2) is 10.7. The van der Waals surface area contributed by atoms with E-state index in [9.17, 15) is 9.59 Å². The highest BCUT2D eigenvalue weighted by molar-refractivity contribution is 8.15. The highest BCUT2D eigenvalue weighted by Gasteiger charge is 2.41. The summed E-state index contributed by atoms with van der Waals surface area (Å²) in [5.41, 5.74) is 3.47. The van der Waals surface area contributed by atoms with E-state index in [-0.39, 0.29) is 24.3 Å². The van der Waals surface area contributed by atoms with Crippen LogP contribution in [0.1, 0.15) is 24.5 Å². The third-order valence-electron chi connectivity index (χ3n) is 5.23. The highest BCUT2D eigenvalue weighted by Crippen LogP contribution is 2.34. The van der Waals surface area contributed by atoms with Crippen molar-refractivity contribution in [3.8, 4) is 5.75 Å². The first-order valence-electron chi connectivity index (χ1n) is 10.4. The average Bonchev–Trinajstić information content (AvgIpc) is 3.06. The number of nitrogens with one attached hydrogen (secondary N) is 1. The van der Waals surface area contributed by atoms with Gasteiger partial charge in [-0.1, -0.05) is 30.0 Å². The average molecular weight is 456 g/mol. The van der Waals surface area contributed by atoms with Crippen LogP contribution in [-0.4, -0.2) is 54.0 Å². The van der Waals surface area contributed by atoms with Crippen LogP contribution in [0.25, 0.3) is 0 Å². The number of rotatable bonds is 8. The number of carbonyl (C=O) groups is 2. The van der Waals surface area contributed by atoms with Crippen LogP contribution < -0.4 is 10.1 Å². The van der Waals surface area contributed by atoms with Gasteiger partial charge in [-0.15, -0.1) is 0 Å². The van der Waals surface area contributed by atoms with Crippen LogP contribution >= 0.6 is 11.8 Å². The Morgan fingerprint density at radius 1 is 1.16 bits per heavy atom. The van der Waals surface area contributed by atoms with Crippen molar-refractivity contribution in [1.29, 1.82) is 0 Å². The zero-order valence-corrected chi connectivity index (χ0v) is 19.9. The molecule has 1 aliphatic heterocycles. The molecule has 1 heterocycles. The fourth-order valence-corrected chi connectivity index (χ4v) is 4.80. The van der Waals surface area contributed by atoms with Gasteiger partial charge >= 0.3 is 0 Å².